The summed E-state index contributed by atoms with van der Waals surface area (Å²) in [5.41, 5.74) is 6.01. The number of ether oxygens (including phenoxy) is 4. The van der Waals surface area contributed by atoms with Crippen LogP contribution < -0.4 is 5.73 Å². The van der Waals surface area contributed by atoms with Crippen LogP contribution in [0.1, 0.15) is 91.9 Å². The smallest absolute Gasteiger partial charge is 0.480 e. The van der Waals surface area contributed by atoms with Gasteiger partial charge in [0.25, 0.3) is 0 Å². The second-order valence-corrected chi connectivity index (χ2v) is 11.6. The van der Waals surface area contributed by atoms with Crippen LogP contribution in [0.25, 0.3) is 0 Å². The number of carboxylic acids is 1. The summed E-state index contributed by atoms with van der Waals surface area (Å²) in [6, 6.07) is -1.01. The van der Waals surface area contributed by atoms with Crippen molar-refractivity contribution in [3.8, 4) is 0 Å². The number of likely N-dealkylation sites (N-methyl/N-ethyl adjacent to an activating group) is 1. The molecule has 14 nitrogen and oxygen atoms in total. The van der Waals surface area contributed by atoms with E-state index in [1.807, 2.05) is 13.8 Å². The molecule has 3 N–H and O–H groups in total. The first-order valence-electron chi connectivity index (χ1n) is 14.8. The highest BCUT2D eigenvalue weighted by Crippen LogP contribution is 2.50. The van der Waals surface area contributed by atoms with Gasteiger partial charge in [0, 0.05) is 7.05 Å². The second-order valence-electron chi connectivity index (χ2n) is 9.95. The van der Waals surface area contributed by atoms with Crippen LogP contribution in [-0.4, -0.2) is 87.0 Å². The molecule has 0 aromatic rings. The van der Waals surface area contributed by atoms with Gasteiger partial charge in [-0.25, -0.2) is 18.9 Å². The van der Waals surface area contributed by atoms with Gasteiger partial charge in [0.15, 0.2) is 0 Å². The molecule has 0 aliphatic carbocycles. The normalized spacial score (nSPS) is 12.6. The molecule has 1 atom stereocenters. The summed E-state index contributed by atoms with van der Waals surface area (Å²) in [6.45, 7) is 8.20. The van der Waals surface area contributed by atoms with Crippen molar-refractivity contribution in [2.45, 2.75) is 97.9 Å². The van der Waals surface area contributed by atoms with Gasteiger partial charge in [-0.05, 0) is 44.4 Å². The Balaban J connectivity index is 4.87. The molecule has 0 aliphatic heterocycles. The topological polar surface area (TPSA) is 186 Å². The van der Waals surface area contributed by atoms with Crippen LogP contribution in [0, 0.1) is 5.92 Å². The highest BCUT2D eigenvalue weighted by atomic mass is 31.2. The first-order chi connectivity index (χ1) is 20.0. The predicted molar refractivity (Wildman–Crippen MR) is 157 cm³/mol. The van der Waals surface area contributed by atoms with E-state index < -0.39 is 32.1 Å². The molecule has 42 heavy (non-hydrogen) atoms. The first kappa shape index (κ1) is 39.4. The molecular weight excluding hydrogens is 573 g/mol. The number of hydrogen-bond acceptors (Lipinski definition) is 10. The highest BCUT2D eigenvalue weighted by molar-refractivity contribution is 7.52. The lowest BCUT2D eigenvalue weighted by Gasteiger charge is -2.29. The number of nitrogens with two attached hydrogens (primary N) is 1. The molecule has 0 aromatic carbocycles. The minimum absolute atomic E-state index is 0.0494. The lowest BCUT2D eigenvalue weighted by Crippen LogP contribution is -2.48. The van der Waals surface area contributed by atoms with Gasteiger partial charge in [0.05, 0.1) is 39.6 Å². The Bertz CT molecular complexity index is 802. The zero-order valence-electron chi connectivity index (χ0n) is 25.9. The van der Waals surface area contributed by atoms with Gasteiger partial charge in [-0.1, -0.05) is 53.4 Å². The van der Waals surface area contributed by atoms with Gasteiger partial charge in [-0.15, -0.1) is 4.76 Å². The summed E-state index contributed by atoms with van der Waals surface area (Å²) in [7, 11) is -2.71. The molecule has 0 fully saturated rings. The molecule has 0 spiro atoms. The van der Waals surface area contributed by atoms with Crippen molar-refractivity contribution in [1.29, 1.82) is 0 Å². The number of rotatable bonds is 24. The van der Waals surface area contributed by atoms with Crippen LogP contribution in [0.3, 0.4) is 0 Å². The van der Waals surface area contributed by atoms with Crippen molar-refractivity contribution in [2.75, 3.05) is 46.7 Å². The van der Waals surface area contributed by atoms with E-state index in [0.29, 0.717) is 38.9 Å². The Hall–Kier alpha value is -2.57. The zero-order chi connectivity index (χ0) is 31.8. The summed E-state index contributed by atoms with van der Waals surface area (Å²) in [4.78, 5) is 36.1. The molecular formula is C27H52N3O11P. The molecule has 0 bridgehead atoms. The molecule has 15 heteroatoms. The van der Waals surface area contributed by atoms with Gasteiger partial charge in [-0.2, -0.15) is 0 Å². The Labute approximate surface area is 250 Å². The van der Waals surface area contributed by atoms with E-state index in [2.05, 4.69) is 4.76 Å². The van der Waals surface area contributed by atoms with Gasteiger partial charge < -0.3 is 34.7 Å². The van der Waals surface area contributed by atoms with E-state index >= 15 is 0 Å². The maximum Gasteiger partial charge on any atom is 0.508 e. The predicted octanol–water partition coefficient (Wildman–Crippen LogP) is 5.73. The molecule has 0 heterocycles. The second kappa shape index (κ2) is 23.9. The Morgan fingerprint density at radius 2 is 1.10 bits per heavy atom. The number of hydrogen-bond donors (Lipinski definition) is 2. The lowest BCUT2D eigenvalue weighted by atomic mass is 10.0. The summed E-state index contributed by atoms with van der Waals surface area (Å²) < 4.78 is 48.2. The number of carbonyl (C=O) groups is 3. The Morgan fingerprint density at radius 3 is 1.43 bits per heavy atom. The molecule has 0 saturated carbocycles. The quantitative estimate of drug-likeness (QED) is 0.0436. The van der Waals surface area contributed by atoms with Gasteiger partial charge in [0.2, 0.25) is 5.96 Å². The van der Waals surface area contributed by atoms with Gasteiger partial charge in [-0.3, -0.25) is 9.05 Å². The van der Waals surface area contributed by atoms with Crippen molar-refractivity contribution >= 4 is 32.0 Å². The molecule has 246 valence electrons. The third-order valence-corrected chi connectivity index (χ3v) is 7.32. The van der Waals surface area contributed by atoms with Crippen molar-refractivity contribution in [1.82, 2.24) is 4.90 Å². The number of carbonyl (C=O) groups excluding carboxylic acids is 2. The van der Waals surface area contributed by atoms with E-state index in [-0.39, 0.29) is 38.3 Å². The lowest BCUT2D eigenvalue weighted by molar-refractivity contribution is -0.142. The summed E-state index contributed by atoms with van der Waals surface area (Å²) in [6.07, 6.45) is 5.55. The molecule has 0 amide bonds. The number of nitrogens with zero attached hydrogens (tertiary/aromatic N) is 2. The number of unbranched alkanes of at least 4 members (excludes halogenated alkanes) is 6. The van der Waals surface area contributed by atoms with Crippen molar-refractivity contribution in [3.63, 3.8) is 0 Å². The van der Waals surface area contributed by atoms with Crippen molar-refractivity contribution < 1.29 is 52.1 Å². The van der Waals surface area contributed by atoms with Crippen molar-refractivity contribution in [2.24, 2.45) is 16.4 Å². The first-order valence-corrected chi connectivity index (χ1v) is 16.3. The third kappa shape index (κ3) is 19.5. The highest BCUT2D eigenvalue weighted by Gasteiger charge is 2.31. The minimum atomic E-state index is -4.14. The van der Waals surface area contributed by atoms with E-state index in [1.54, 1.807) is 13.8 Å². The van der Waals surface area contributed by atoms with E-state index in [1.165, 1.54) is 11.9 Å². The van der Waals surface area contributed by atoms with Crippen LogP contribution in [0.2, 0.25) is 0 Å². The fourth-order valence-corrected chi connectivity index (χ4v) is 4.81. The fourth-order valence-electron chi connectivity index (χ4n) is 3.51. The number of carboxylic acid groups (broad SMARTS) is 1. The summed E-state index contributed by atoms with van der Waals surface area (Å²) in [5.74, 6) is -1.75. The molecule has 0 saturated heterocycles. The third-order valence-electron chi connectivity index (χ3n) is 5.85. The van der Waals surface area contributed by atoms with Crippen LogP contribution >= 0.6 is 7.75 Å². The van der Waals surface area contributed by atoms with Crippen LogP contribution in [0.15, 0.2) is 4.76 Å². The molecule has 0 rings (SSSR count). The summed E-state index contributed by atoms with van der Waals surface area (Å²) in [5, 5.41) is 9.56. The van der Waals surface area contributed by atoms with E-state index in [0.717, 1.165) is 38.5 Å². The number of guanidine groups is 1. The van der Waals surface area contributed by atoms with Crippen LogP contribution in [0.5, 0.6) is 0 Å². The largest absolute Gasteiger partial charge is 0.508 e. The summed E-state index contributed by atoms with van der Waals surface area (Å²) >= 11 is 0. The molecule has 0 aliphatic rings. The van der Waals surface area contributed by atoms with E-state index in [4.69, 9.17) is 33.7 Å². The molecule has 1 unspecified atom stereocenters. The Morgan fingerprint density at radius 1 is 0.738 bits per heavy atom. The van der Waals surface area contributed by atoms with E-state index in [9.17, 15) is 24.1 Å². The monoisotopic (exact) mass is 625 g/mol. The minimum Gasteiger partial charge on any atom is -0.480 e. The average Bonchev–Trinajstić information content (AvgIpc) is 2.92. The standard InChI is InChI=1S/C27H52N3O11P/c1-6-8-10-16-36-26(33)38-18-12-14-20-40-42(35,29-25(28)30(5)23(22(3)4)24(31)32)41-21-15-13-19-39-27(34)37-17-11-9-7-2/h22-23H,6-21H2,1-5H3,(H,31,32)(H2,28,29,35). The zero-order valence-corrected chi connectivity index (χ0v) is 26.8. The van der Waals surface area contributed by atoms with Crippen LogP contribution in [0.4, 0.5) is 9.59 Å². The maximum atomic E-state index is 13.4. The molecule has 0 radical (unpaired) electrons. The average molecular weight is 626 g/mol. The maximum absolute atomic E-state index is 13.4. The van der Waals surface area contributed by atoms with Crippen molar-refractivity contribution in [3.05, 3.63) is 0 Å². The van der Waals surface area contributed by atoms with Gasteiger partial charge in [0.1, 0.15) is 6.04 Å². The van der Waals surface area contributed by atoms with Crippen LogP contribution in [-0.2, 0) is 37.4 Å². The SMILES string of the molecule is CCCCCOC(=O)OCCCCOP(=O)(N=C(N)N(C)C(C(=O)O)C(C)C)OCCCCOC(=O)OCCCCC. The molecule has 0 aromatic heterocycles. The fraction of sp³-hybridized carbons (Fsp3) is 0.852. The Kier molecular flexibility index (Phi) is 22.5. The number of aliphatic carboxylic acids is 1. The van der Waals surface area contributed by atoms with Gasteiger partial charge >= 0.3 is 26.0 Å².